The number of hydrogen-bond donors (Lipinski definition) is 1. The average molecular weight is 268 g/mol. The van der Waals surface area contributed by atoms with Crippen LogP contribution in [0, 0.1) is 11.8 Å². The first-order chi connectivity index (χ1) is 8.65. The molecular formula is C16H26ClN. The highest BCUT2D eigenvalue weighted by atomic mass is 35.5. The molecule has 102 valence electrons. The van der Waals surface area contributed by atoms with Gasteiger partial charge >= 0.3 is 0 Å². The van der Waals surface area contributed by atoms with Crippen molar-refractivity contribution in [1.29, 1.82) is 0 Å². The standard InChI is InChI=1S/C16H26ClN/c1-4-13(3)9-15(12-18-5-2)10-14-7-6-8-16(17)11-14/h6-8,11,13,15,18H,4-5,9-10,12H2,1-3H3. The summed E-state index contributed by atoms with van der Waals surface area (Å²) in [5.41, 5.74) is 1.36. The summed E-state index contributed by atoms with van der Waals surface area (Å²) in [6, 6.07) is 8.27. The molecule has 2 atom stereocenters. The second-order valence-electron chi connectivity index (χ2n) is 5.26. The van der Waals surface area contributed by atoms with E-state index in [4.69, 9.17) is 11.6 Å². The normalized spacial score (nSPS) is 14.4. The zero-order valence-corrected chi connectivity index (χ0v) is 12.6. The number of halogens is 1. The molecule has 0 aliphatic carbocycles. The lowest BCUT2D eigenvalue weighted by molar-refractivity contribution is 0.365. The van der Waals surface area contributed by atoms with Gasteiger partial charge in [0.15, 0.2) is 0 Å². The maximum Gasteiger partial charge on any atom is 0.0408 e. The van der Waals surface area contributed by atoms with Crippen LogP contribution in [0.4, 0.5) is 0 Å². The Hall–Kier alpha value is -0.530. The summed E-state index contributed by atoms with van der Waals surface area (Å²) in [6.45, 7) is 8.94. The van der Waals surface area contributed by atoms with E-state index in [2.05, 4.69) is 38.2 Å². The molecule has 0 aromatic heterocycles. The summed E-state index contributed by atoms with van der Waals surface area (Å²) < 4.78 is 0. The molecule has 0 aliphatic heterocycles. The lowest BCUT2D eigenvalue weighted by Crippen LogP contribution is -2.25. The number of benzene rings is 1. The summed E-state index contributed by atoms with van der Waals surface area (Å²) in [4.78, 5) is 0. The molecule has 1 N–H and O–H groups in total. The van der Waals surface area contributed by atoms with Crippen molar-refractivity contribution < 1.29 is 0 Å². The molecule has 0 radical (unpaired) electrons. The van der Waals surface area contributed by atoms with Crippen LogP contribution in [0.15, 0.2) is 24.3 Å². The molecule has 2 unspecified atom stereocenters. The van der Waals surface area contributed by atoms with E-state index in [-0.39, 0.29) is 0 Å². The van der Waals surface area contributed by atoms with Gasteiger partial charge in [-0.15, -0.1) is 0 Å². The SMILES string of the molecule is CCNCC(Cc1cccc(Cl)c1)CC(C)CC. The fourth-order valence-electron chi connectivity index (χ4n) is 2.32. The van der Waals surface area contributed by atoms with E-state index < -0.39 is 0 Å². The maximum atomic E-state index is 6.05. The Bertz CT molecular complexity index is 338. The van der Waals surface area contributed by atoms with Gasteiger partial charge in [-0.1, -0.05) is 50.9 Å². The number of hydrogen-bond acceptors (Lipinski definition) is 1. The molecule has 1 aromatic rings. The molecule has 0 bridgehead atoms. The van der Waals surface area contributed by atoms with Crippen LogP contribution in [-0.4, -0.2) is 13.1 Å². The van der Waals surface area contributed by atoms with Crippen LogP contribution in [-0.2, 0) is 6.42 Å². The zero-order valence-electron chi connectivity index (χ0n) is 11.9. The van der Waals surface area contributed by atoms with Crippen molar-refractivity contribution in [2.24, 2.45) is 11.8 Å². The van der Waals surface area contributed by atoms with Crippen LogP contribution < -0.4 is 5.32 Å². The Labute approximate surface area is 117 Å². The first-order valence-electron chi connectivity index (χ1n) is 7.10. The molecule has 0 fully saturated rings. The average Bonchev–Trinajstić information content (AvgIpc) is 2.35. The van der Waals surface area contributed by atoms with Crippen molar-refractivity contribution in [2.45, 2.75) is 40.0 Å². The van der Waals surface area contributed by atoms with Gasteiger partial charge in [-0.2, -0.15) is 0 Å². The van der Waals surface area contributed by atoms with E-state index in [1.54, 1.807) is 0 Å². The van der Waals surface area contributed by atoms with Crippen molar-refractivity contribution >= 4 is 11.6 Å². The predicted octanol–water partition coefficient (Wildman–Crippen LogP) is 4.54. The van der Waals surface area contributed by atoms with Crippen LogP contribution in [0.2, 0.25) is 5.02 Å². The van der Waals surface area contributed by atoms with Gasteiger partial charge in [-0.25, -0.2) is 0 Å². The van der Waals surface area contributed by atoms with E-state index in [9.17, 15) is 0 Å². The van der Waals surface area contributed by atoms with E-state index >= 15 is 0 Å². The van der Waals surface area contributed by atoms with Gasteiger partial charge in [-0.3, -0.25) is 0 Å². The van der Waals surface area contributed by atoms with Crippen LogP contribution in [0.1, 0.15) is 39.2 Å². The molecule has 1 rings (SSSR count). The lowest BCUT2D eigenvalue weighted by atomic mass is 9.89. The molecule has 1 nitrogen and oxygen atoms in total. The van der Waals surface area contributed by atoms with Crippen molar-refractivity contribution in [1.82, 2.24) is 5.32 Å². The Kier molecular flexibility index (Phi) is 7.38. The maximum absolute atomic E-state index is 6.05. The molecule has 0 aliphatic rings. The van der Waals surface area contributed by atoms with E-state index in [1.807, 2.05) is 12.1 Å². The minimum absolute atomic E-state index is 0.707. The minimum atomic E-state index is 0.707. The van der Waals surface area contributed by atoms with Crippen molar-refractivity contribution in [2.75, 3.05) is 13.1 Å². The molecule has 0 spiro atoms. The van der Waals surface area contributed by atoms with Gasteiger partial charge in [0.1, 0.15) is 0 Å². The van der Waals surface area contributed by atoms with Crippen molar-refractivity contribution in [3.05, 3.63) is 34.9 Å². The Morgan fingerprint density at radius 1 is 1.28 bits per heavy atom. The van der Waals surface area contributed by atoms with Gasteiger partial charge < -0.3 is 5.32 Å². The van der Waals surface area contributed by atoms with E-state index in [0.717, 1.165) is 30.5 Å². The van der Waals surface area contributed by atoms with Gasteiger partial charge in [0, 0.05) is 5.02 Å². The number of rotatable bonds is 8. The van der Waals surface area contributed by atoms with E-state index in [1.165, 1.54) is 18.4 Å². The third-order valence-electron chi connectivity index (χ3n) is 3.53. The smallest absolute Gasteiger partial charge is 0.0408 e. The fraction of sp³-hybridized carbons (Fsp3) is 0.625. The fourth-order valence-corrected chi connectivity index (χ4v) is 2.53. The van der Waals surface area contributed by atoms with Crippen molar-refractivity contribution in [3.8, 4) is 0 Å². The molecule has 18 heavy (non-hydrogen) atoms. The third kappa shape index (κ3) is 5.88. The molecule has 0 saturated heterocycles. The quantitative estimate of drug-likeness (QED) is 0.729. The topological polar surface area (TPSA) is 12.0 Å². The summed E-state index contributed by atoms with van der Waals surface area (Å²) >= 11 is 6.05. The van der Waals surface area contributed by atoms with Crippen LogP contribution in [0.3, 0.4) is 0 Å². The molecular weight excluding hydrogens is 242 g/mol. The molecule has 0 amide bonds. The lowest BCUT2D eigenvalue weighted by Gasteiger charge is -2.21. The monoisotopic (exact) mass is 267 g/mol. The Balaban J connectivity index is 2.59. The van der Waals surface area contributed by atoms with Gasteiger partial charge in [0.05, 0.1) is 0 Å². The second kappa shape index (κ2) is 8.55. The highest BCUT2D eigenvalue weighted by Crippen LogP contribution is 2.20. The minimum Gasteiger partial charge on any atom is -0.317 e. The Morgan fingerprint density at radius 3 is 2.67 bits per heavy atom. The van der Waals surface area contributed by atoms with Crippen LogP contribution >= 0.6 is 11.6 Å². The third-order valence-corrected chi connectivity index (χ3v) is 3.76. The highest BCUT2D eigenvalue weighted by Gasteiger charge is 2.13. The van der Waals surface area contributed by atoms with Crippen molar-refractivity contribution in [3.63, 3.8) is 0 Å². The first kappa shape index (κ1) is 15.5. The van der Waals surface area contributed by atoms with Crippen LogP contribution in [0.25, 0.3) is 0 Å². The first-order valence-corrected chi connectivity index (χ1v) is 7.48. The predicted molar refractivity (Wildman–Crippen MR) is 81.3 cm³/mol. The summed E-state index contributed by atoms with van der Waals surface area (Å²) in [7, 11) is 0. The van der Waals surface area contributed by atoms with Gasteiger partial charge in [0.25, 0.3) is 0 Å². The number of nitrogens with one attached hydrogen (secondary N) is 1. The van der Waals surface area contributed by atoms with Gasteiger partial charge in [-0.05, 0) is 55.5 Å². The van der Waals surface area contributed by atoms with Gasteiger partial charge in [0.2, 0.25) is 0 Å². The Morgan fingerprint density at radius 2 is 2.06 bits per heavy atom. The molecule has 2 heteroatoms. The second-order valence-corrected chi connectivity index (χ2v) is 5.69. The zero-order chi connectivity index (χ0) is 13.4. The molecule has 0 heterocycles. The summed E-state index contributed by atoms with van der Waals surface area (Å²) in [5.74, 6) is 1.51. The van der Waals surface area contributed by atoms with E-state index in [0.29, 0.717) is 5.92 Å². The summed E-state index contributed by atoms with van der Waals surface area (Å²) in [5, 5.41) is 4.33. The molecule has 1 aromatic carbocycles. The highest BCUT2D eigenvalue weighted by molar-refractivity contribution is 6.30. The van der Waals surface area contributed by atoms with Crippen LogP contribution in [0.5, 0.6) is 0 Å². The molecule has 0 saturated carbocycles. The summed E-state index contributed by atoms with van der Waals surface area (Å²) in [6.07, 6.45) is 3.67. The largest absolute Gasteiger partial charge is 0.317 e.